The molecule has 1 unspecified atom stereocenters. The normalized spacial score (nSPS) is 24.5. The molecule has 2 aromatic rings. The molecule has 2 amide bonds. The number of aryl methyl sites for hydroxylation is 1. The van der Waals surface area contributed by atoms with Crippen molar-refractivity contribution in [1.29, 1.82) is 0 Å². The Hall–Kier alpha value is -2.61. The first-order valence-corrected chi connectivity index (χ1v) is 8.30. The molecule has 4 heterocycles. The van der Waals surface area contributed by atoms with E-state index < -0.39 is 0 Å². The number of furan rings is 1. The highest BCUT2D eigenvalue weighted by Crippen LogP contribution is 2.33. The Morgan fingerprint density at radius 1 is 1.32 bits per heavy atom. The minimum Gasteiger partial charge on any atom is -0.472 e. The quantitative estimate of drug-likeness (QED) is 0.797. The van der Waals surface area contributed by atoms with Crippen molar-refractivity contribution in [3.8, 4) is 0 Å². The van der Waals surface area contributed by atoms with Crippen LogP contribution in [0, 0.1) is 0 Å². The molecule has 2 saturated heterocycles. The molecule has 132 valence electrons. The predicted molar refractivity (Wildman–Crippen MR) is 90.2 cm³/mol. The summed E-state index contributed by atoms with van der Waals surface area (Å²) in [6, 6.07) is 1.68. The van der Waals surface area contributed by atoms with Crippen molar-refractivity contribution < 1.29 is 14.0 Å². The molecule has 0 radical (unpaired) electrons. The maximum Gasteiger partial charge on any atom is 0.257 e. The third-order valence-corrected chi connectivity index (χ3v) is 5.33. The van der Waals surface area contributed by atoms with Gasteiger partial charge in [-0.1, -0.05) is 0 Å². The van der Waals surface area contributed by atoms with Gasteiger partial charge in [-0.2, -0.15) is 5.10 Å². The van der Waals surface area contributed by atoms with E-state index in [-0.39, 0.29) is 17.4 Å². The molecule has 8 nitrogen and oxygen atoms in total. The van der Waals surface area contributed by atoms with E-state index >= 15 is 0 Å². The lowest BCUT2D eigenvalue weighted by Crippen LogP contribution is -2.64. The van der Waals surface area contributed by atoms with Crippen LogP contribution in [-0.2, 0) is 11.8 Å². The molecule has 0 aromatic carbocycles. The Morgan fingerprint density at radius 2 is 2.16 bits per heavy atom. The van der Waals surface area contributed by atoms with Gasteiger partial charge in [-0.15, -0.1) is 0 Å². The maximum atomic E-state index is 12.6. The van der Waals surface area contributed by atoms with Crippen molar-refractivity contribution in [2.45, 2.75) is 12.0 Å². The SMILES string of the molecule is CN1CC(=O)N(c2cnn(C)c2)CC12CCN(C(=O)c1ccoc1)C2. The van der Waals surface area contributed by atoms with E-state index in [0.29, 0.717) is 31.7 Å². The Kier molecular flexibility index (Phi) is 3.64. The largest absolute Gasteiger partial charge is 0.472 e. The number of rotatable bonds is 2. The average molecular weight is 343 g/mol. The third kappa shape index (κ3) is 2.62. The summed E-state index contributed by atoms with van der Waals surface area (Å²) in [7, 11) is 3.80. The van der Waals surface area contributed by atoms with Crippen LogP contribution < -0.4 is 4.90 Å². The van der Waals surface area contributed by atoms with Crippen LogP contribution in [0.2, 0.25) is 0 Å². The summed E-state index contributed by atoms with van der Waals surface area (Å²) in [5.41, 5.74) is 1.14. The Labute approximate surface area is 145 Å². The fourth-order valence-electron chi connectivity index (χ4n) is 3.78. The molecule has 4 rings (SSSR count). The summed E-state index contributed by atoms with van der Waals surface area (Å²) in [5, 5.41) is 4.17. The zero-order chi connectivity index (χ0) is 17.6. The first-order valence-electron chi connectivity index (χ1n) is 8.30. The Bertz CT molecular complexity index is 799. The number of piperazine rings is 1. The number of likely N-dealkylation sites (tertiary alicyclic amines) is 1. The Morgan fingerprint density at radius 3 is 2.84 bits per heavy atom. The minimum atomic E-state index is -0.233. The first kappa shape index (κ1) is 15.9. The van der Waals surface area contributed by atoms with Crippen LogP contribution in [0.25, 0.3) is 0 Å². The summed E-state index contributed by atoms with van der Waals surface area (Å²) < 4.78 is 6.72. The molecular weight excluding hydrogens is 322 g/mol. The second-order valence-corrected chi connectivity index (χ2v) is 6.92. The smallest absolute Gasteiger partial charge is 0.257 e. The molecule has 8 heteroatoms. The van der Waals surface area contributed by atoms with Crippen LogP contribution in [0.1, 0.15) is 16.8 Å². The lowest BCUT2D eigenvalue weighted by Gasteiger charge is -2.46. The van der Waals surface area contributed by atoms with Crippen LogP contribution in [0.4, 0.5) is 5.69 Å². The van der Waals surface area contributed by atoms with Crippen molar-refractivity contribution in [3.63, 3.8) is 0 Å². The number of aromatic nitrogens is 2. The van der Waals surface area contributed by atoms with Crippen molar-refractivity contribution >= 4 is 17.5 Å². The summed E-state index contributed by atoms with van der Waals surface area (Å²) in [6.45, 7) is 2.16. The molecule has 2 fully saturated rings. The number of nitrogens with zero attached hydrogens (tertiary/aromatic N) is 5. The molecule has 1 atom stereocenters. The summed E-state index contributed by atoms with van der Waals surface area (Å²) >= 11 is 0. The number of carbonyl (C=O) groups excluding carboxylic acids is 2. The summed E-state index contributed by atoms with van der Waals surface area (Å²) in [5.74, 6) is 0.0320. The van der Waals surface area contributed by atoms with E-state index in [1.807, 2.05) is 25.2 Å². The zero-order valence-electron chi connectivity index (χ0n) is 14.4. The fraction of sp³-hybridized carbons (Fsp3) is 0.471. The molecule has 2 aliphatic rings. The molecule has 0 aliphatic carbocycles. The van der Waals surface area contributed by atoms with Crippen molar-refractivity contribution in [2.75, 3.05) is 38.1 Å². The van der Waals surface area contributed by atoms with E-state index in [2.05, 4.69) is 10.00 Å². The molecule has 0 N–H and O–H groups in total. The van der Waals surface area contributed by atoms with Gasteiger partial charge in [0.15, 0.2) is 0 Å². The number of hydrogen-bond donors (Lipinski definition) is 0. The van der Waals surface area contributed by atoms with Gasteiger partial charge in [-0.25, -0.2) is 0 Å². The van der Waals surface area contributed by atoms with Crippen LogP contribution >= 0.6 is 0 Å². The van der Waals surface area contributed by atoms with Gasteiger partial charge in [0.1, 0.15) is 6.26 Å². The monoisotopic (exact) mass is 343 g/mol. The van der Waals surface area contributed by atoms with Crippen molar-refractivity contribution in [3.05, 3.63) is 36.5 Å². The second-order valence-electron chi connectivity index (χ2n) is 6.92. The van der Waals surface area contributed by atoms with Gasteiger partial charge in [0.2, 0.25) is 5.91 Å². The number of hydrogen-bond acceptors (Lipinski definition) is 5. The zero-order valence-corrected chi connectivity index (χ0v) is 14.4. The maximum absolute atomic E-state index is 12.6. The highest BCUT2D eigenvalue weighted by atomic mass is 16.3. The van der Waals surface area contributed by atoms with Crippen LogP contribution in [-0.4, -0.2) is 70.2 Å². The highest BCUT2D eigenvalue weighted by molar-refractivity contribution is 5.96. The van der Waals surface area contributed by atoms with E-state index in [1.165, 1.54) is 12.5 Å². The lowest BCUT2D eigenvalue weighted by molar-refractivity contribution is -0.123. The van der Waals surface area contributed by atoms with Gasteiger partial charge >= 0.3 is 0 Å². The van der Waals surface area contributed by atoms with Crippen LogP contribution in [0.15, 0.2) is 35.4 Å². The molecule has 2 aromatic heterocycles. The molecular formula is C17H21N5O3. The van der Waals surface area contributed by atoms with E-state index in [4.69, 9.17) is 4.42 Å². The van der Waals surface area contributed by atoms with E-state index in [9.17, 15) is 9.59 Å². The molecule has 25 heavy (non-hydrogen) atoms. The molecule has 1 spiro atoms. The molecule has 0 saturated carbocycles. The average Bonchev–Trinajstić information content (AvgIpc) is 3.32. The Balaban J connectivity index is 1.56. The van der Waals surface area contributed by atoms with E-state index in [0.717, 1.165) is 12.1 Å². The van der Waals surface area contributed by atoms with E-state index in [1.54, 1.807) is 21.8 Å². The highest BCUT2D eigenvalue weighted by Gasteiger charge is 2.49. The number of anilines is 1. The summed E-state index contributed by atoms with van der Waals surface area (Å²) in [4.78, 5) is 30.8. The molecule has 2 aliphatic heterocycles. The standard InChI is InChI=1S/C17H21N5O3/c1-19-9-15(23)22(14-7-18-20(2)8-14)12-17(19)4-5-21(11-17)16(24)13-3-6-25-10-13/h3,6-8,10H,4-5,9,11-12H2,1-2H3. The van der Waals surface area contributed by atoms with Gasteiger partial charge in [0, 0.05) is 32.9 Å². The van der Waals surface area contributed by atoms with Crippen LogP contribution in [0.5, 0.6) is 0 Å². The van der Waals surface area contributed by atoms with Gasteiger partial charge in [-0.3, -0.25) is 19.2 Å². The van der Waals surface area contributed by atoms with Gasteiger partial charge < -0.3 is 14.2 Å². The lowest BCUT2D eigenvalue weighted by atomic mass is 9.93. The molecule has 0 bridgehead atoms. The second kappa shape index (κ2) is 5.73. The number of likely N-dealkylation sites (N-methyl/N-ethyl adjacent to an activating group) is 1. The topological polar surface area (TPSA) is 74.8 Å². The van der Waals surface area contributed by atoms with Gasteiger partial charge in [-0.05, 0) is 19.5 Å². The van der Waals surface area contributed by atoms with Crippen molar-refractivity contribution in [2.24, 2.45) is 7.05 Å². The van der Waals surface area contributed by atoms with Gasteiger partial charge in [0.25, 0.3) is 5.91 Å². The number of carbonyl (C=O) groups is 2. The summed E-state index contributed by atoms with van der Waals surface area (Å²) in [6.07, 6.45) is 7.37. The van der Waals surface area contributed by atoms with Gasteiger partial charge in [0.05, 0.1) is 35.8 Å². The minimum absolute atomic E-state index is 0.0242. The first-order chi connectivity index (χ1) is 12.0. The third-order valence-electron chi connectivity index (χ3n) is 5.33. The van der Waals surface area contributed by atoms with Crippen LogP contribution in [0.3, 0.4) is 0 Å². The van der Waals surface area contributed by atoms with Crippen molar-refractivity contribution in [1.82, 2.24) is 19.6 Å². The predicted octanol–water partition coefficient (Wildman–Crippen LogP) is 0.576. The fourth-order valence-corrected chi connectivity index (χ4v) is 3.78. The number of amides is 2.